The van der Waals surface area contributed by atoms with Crippen molar-refractivity contribution in [2.24, 2.45) is 10.7 Å². The number of hydrogen-bond acceptors (Lipinski definition) is 3. The number of nitrogens with zero attached hydrogens (tertiary/aromatic N) is 2. The highest BCUT2D eigenvalue weighted by atomic mass is 15.1. The van der Waals surface area contributed by atoms with E-state index >= 15 is 0 Å². The topological polar surface area (TPSA) is 57.4 Å². The summed E-state index contributed by atoms with van der Waals surface area (Å²) in [5, 5.41) is 1.20. The van der Waals surface area contributed by atoms with Crippen LogP contribution in [-0.2, 0) is 0 Å². The lowest BCUT2D eigenvalue weighted by Gasteiger charge is -2.28. The molecule has 4 rings (SSSR count). The smallest absolute Gasteiger partial charge is 0.0591 e. The van der Waals surface area contributed by atoms with E-state index in [0.29, 0.717) is 5.70 Å². The van der Waals surface area contributed by atoms with Crippen LogP contribution in [0.1, 0.15) is 30.4 Å². The Bertz CT molecular complexity index is 1120. The number of allylic oxidation sites excluding steroid dienone is 3. The zero-order valence-electron chi connectivity index (χ0n) is 18.1. The standard InChI is InChI=1S/C27H30N4/c1-29-25(12-7-21-8-13-26(14-9-21)31-17-3-2-4-18-31)20-24(28)11-6-22-5-10-23-15-16-30-27(23)19-22/h5-16,19-20,30H,2-4,17-18,28H2,1H3/b11-6+,12-7+,24-20+,29-25-. The summed E-state index contributed by atoms with van der Waals surface area (Å²) in [4.78, 5) is 10.1. The number of hydrogen-bond donors (Lipinski definition) is 2. The van der Waals surface area contributed by atoms with Gasteiger partial charge in [0.15, 0.2) is 0 Å². The molecule has 1 aromatic heterocycles. The number of benzene rings is 2. The first kappa shape index (κ1) is 20.7. The minimum atomic E-state index is 0.664. The average molecular weight is 411 g/mol. The molecule has 0 spiro atoms. The largest absolute Gasteiger partial charge is 0.399 e. The minimum Gasteiger partial charge on any atom is -0.399 e. The molecule has 0 amide bonds. The molecule has 0 bridgehead atoms. The van der Waals surface area contributed by atoms with Gasteiger partial charge in [-0.3, -0.25) is 4.99 Å². The lowest BCUT2D eigenvalue weighted by molar-refractivity contribution is 0.578. The van der Waals surface area contributed by atoms with Crippen molar-refractivity contribution in [3.63, 3.8) is 0 Å². The molecule has 4 nitrogen and oxygen atoms in total. The van der Waals surface area contributed by atoms with Crippen molar-refractivity contribution in [1.29, 1.82) is 0 Å². The van der Waals surface area contributed by atoms with Crippen LogP contribution in [0.4, 0.5) is 5.69 Å². The molecule has 3 N–H and O–H groups in total. The first-order valence-corrected chi connectivity index (χ1v) is 10.9. The normalized spacial score (nSPS) is 16.1. The molecule has 0 unspecified atom stereocenters. The third-order valence-electron chi connectivity index (χ3n) is 5.68. The summed E-state index contributed by atoms with van der Waals surface area (Å²) in [6, 6.07) is 17.1. The SMILES string of the molecule is C/N=C(/C=C/c1ccc(N2CCCCC2)cc1)\C=C(N)/C=C/c1ccc2cc[nH]c2c1. The molecule has 158 valence electrons. The molecule has 3 aromatic rings. The highest BCUT2D eigenvalue weighted by Gasteiger charge is 2.10. The Hall–Kier alpha value is -3.53. The Labute approximate surface area is 184 Å². The molecule has 2 aromatic carbocycles. The quantitative estimate of drug-likeness (QED) is 0.399. The number of H-pyrrole nitrogens is 1. The van der Waals surface area contributed by atoms with Crippen LogP contribution < -0.4 is 10.6 Å². The number of fused-ring (bicyclic) bond motifs is 1. The van der Waals surface area contributed by atoms with Crippen LogP contribution in [0.15, 0.2) is 83.6 Å². The van der Waals surface area contributed by atoms with Gasteiger partial charge in [0.2, 0.25) is 0 Å². The van der Waals surface area contributed by atoms with E-state index in [1.807, 2.05) is 30.5 Å². The number of aromatic amines is 1. The summed E-state index contributed by atoms with van der Waals surface area (Å²) < 4.78 is 0. The summed E-state index contributed by atoms with van der Waals surface area (Å²) >= 11 is 0. The second-order valence-corrected chi connectivity index (χ2v) is 7.92. The van der Waals surface area contributed by atoms with Gasteiger partial charge in [-0.15, -0.1) is 0 Å². The monoisotopic (exact) mass is 410 g/mol. The van der Waals surface area contributed by atoms with Crippen LogP contribution in [0.25, 0.3) is 23.1 Å². The molecule has 4 heteroatoms. The Morgan fingerprint density at radius 1 is 0.935 bits per heavy atom. The maximum absolute atomic E-state index is 6.21. The molecule has 0 radical (unpaired) electrons. The van der Waals surface area contributed by atoms with E-state index in [2.05, 4.69) is 69.5 Å². The third-order valence-corrected chi connectivity index (χ3v) is 5.68. The van der Waals surface area contributed by atoms with Crippen molar-refractivity contribution in [2.45, 2.75) is 19.3 Å². The van der Waals surface area contributed by atoms with Crippen molar-refractivity contribution in [3.8, 4) is 0 Å². The first-order chi connectivity index (χ1) is 15.2. The lowest BCUT2D eigenvalue weighted by atomic mass is 10.1. The van der Waals surface area contributed by atoms with Crippen molar-refractivity contribution < 1.29 is 0 Å². The molecule has 31 heavy (non-hydrogen) atoms. The molecule has 1 saturated heterocycles. The number of aromatic nitrogens is 1. The van der Waals surface area contributed by atoms with Gasteiger partial charge in [-0.2, -0.15) is 0 Å². The van der Waals surface area contributed by atoms with Gasteiger partial charge in [0.1, 0.15) is 0 Å². The summed E-state index contributed by atoms with van der Waals surface area (Å²) in [6.07, 6.45) is 15.8. The minimum absolute atomic E-state index is 0.664. The number of piperidine rings is 1. The van der Waals surface area contributed by atoms with Crippen LogP contribution in [0.2, 0.25) is 0 Å². The number of nitrogens with one attached hydrogen (secondary N) is 1. The molecule has 1 aliphatic heterocycles. The fourth-order valence-electron chi connectivity index (χ4n) is 3.90. The van der Waals surface area contributed by atoms with Gasteiger partial charge >= 0.3 is 0 Å². The predicted molar refractivity (Wildman–Crippen MR) is 135 cm³/mol. The highest BCUT2D eigenvalue weighted by molar-refractivity contribution is 6.07. The molecule has 1 fully saturated rings. The first-order valence-electron chi connectivity index (χ1n) is 10.9. The second kappa shape index (κ2) is 9.98. The predicted octanol–water partition coefficient (Wildman–Crippen LogP) is 5.80. The summed E-state index contributed by atoms with van der Waals surface area (Å²) in [5.74, 6) is 0. The average Bonchev–Trinajstić information content (AvgIpc) is 3.29. The third kappa shape index (κ3) is 5.54. The van der Waals surface area contributed by atoms with E-state index in [1.165, 1.54) is 30.3 Å². The van der Waals surface area contributed by atoms with Gasteiger partial charge in [0, 0.05) is 43.2 Å². The maximum atomic E-state index is 6.21. The van der Waals surface area contributed by atoms with Crippen molar-refractivity contribution in [1.82, 2.24) is 4.98 Å². The van der Waals surface area contributed by atoms with E-state index < -0.39 is 0 Å². The van der Waals surface area contributed by atoms with Crippen LogP contribution in [-0.4, -0.2) is 30.8 Å². The maximum Gasteiger partial charge on any atom is 0.0591 e. The van der Waals surface area contributed by atoms with Gasteiger partial charge in [-0.25, -0.2) is 0 Å². The number of rotatable bonds is 6. The Morgan fingerprint density at radius 3 is 2.45 bits per heavy atom. The Kier molecular flexibility index (Phi) is 6.68. The Balaban J connectivity index is 1.39. The fourth-order valence-corrected chi connectivity index (χ4v) is 3.90. The molecule has 0 saturated carbocycles. The van der Waals surface area contributed by atoms with Crippen LogP contribution >= 0.6 is 0 Å². The molecule has 1 aliphatic rings. The van der Waals surface area contributed by atoms with Gasteiger partial charge in [0.25, 0.3) is 0 Å². The summed E-state index contributed by atoms with van der Waals surface area (Å²) in [7, 11) is 1.78. The fraction of sp³-hybridized carbons (Fsp3) is 0.222. The van der Waals surface area contributed by atoms with E-state index in [0.717, 1.165) is 35.4 Å². The van der Waals surface area contributed by atoms with Gasteiger partial charge in [-0.05, 0) is 78.3 Å². The molecular formula is C27H30N4. The number of anilines is 1. The van der Waals surface area contributed by atoms with Crippen molar-refractivity contribution in [2.75, 3.05) is 25.0 Å². The highest BCUT2D eigenvalue weighted by Crippen LogP contribution is 2.20. The van der Waals surface area contributed by atoms with Crippen LogP contribution in [0, 0.1) is 0 Å². The molecule has 0 atom stereocenters. The zero-order valence-corrected chi connectivity index (χ0v) is 18.1. The summed E-state index contributed by atoms with van der Waals surface area (Å²) in [6.45, 7) is 2.33. The van der Waals surface area contributed by atoms with Gasteiger partial charge < -0.3 is 15.6 Å². The number of aliphatic imine (C=N–C) groups is 1. The van der Waals surface area contributed by atoms with Crippen molar-refractivity contribution >= 4 is 34.5 Å². The van der Waals surface area contributed by atoms with Crippen LogP contribution in [0.5, 0.6) is 0 Å². The van der Waals surface area contributed by atoms with Gasteiger partial charge in [0.05, 0.1) is 5.71 Å². The van der Waals surface area contributed by atoms with E-state index in [9.17, 15) is 0 Å². The lowest BCUT2D eigenvalue weighted by Crippen LogP contribution is -2.29. The van der Waals surface area contributed by atoms with Gasteiger partial charge in [-0.1, -0.05) is 36.4 Å². The van der Waals surface area contributed by atoms with Crippen LogP contribution in [0.3, 0.4) is 0 Å². The number of nitrogens with two attached hydrogens (primary N) is 1. The molecular weight excluding hydrogens is 380 g/mol. The molecule has 0 aliphatic carbocycles. The Morgan fingerprint density at radius 2 is 1.68 bits per heavy atom. The zero-order chi connectivity index (χ0) is 21.5. The summed E-state index contributed by atoms with van der Waals surface area (Å²) in [5.41, 5.74) is 12.4. The second-order valence-electron chi connectivity index (χ2n) is 7.92. The molecule has 2 heterocycles. The van der Waals surface area contributed by atoms with Crippen molar-refractivity contribution in [3.05, 3.63) is 89.8 Å². The van der Waals surface area contributed by atoms with E-state index in [4.69, 9.17) is 5.73 Å². The van der Waals surface area contributed by atoms with E-state index in [-0.39, 0.29) is 0 Å². The van der Waals surface area contributed by atoms with E-state index in [1.54, 1.807) is 7.05 Å².